The van der Waals surface area contributed by atoms with Crippen molar-refractivity contribution in [2.75, 3.05) is 0 Å². The number of rotatable bonds is 4. The predicted octanol–water partition coefficient (Wildman–Crippen LogP) is 0.410. The van der Waals surface area contributed by atoms with Gasteiger partial charge in [-0.25, -0.2) is 0 Å². The standard InChI is InChI=1S/C8H8N4O2S/c13-8(14)5-12-10-7(9-11-12)4-6-2-1-3-15-6/h1-3H,4-5H2,(H,13,14). The number of tetrazole rings is 1. The van der Waals surface area contributed by atoms with Crippen molar-refractivity contribution in [2.24, 2.45) is 0 Å². The number of carbonyl (C=O) groups is 1. The lowest BCUT2D eigenvalue weighted by Gasteiger charge is -1.90. The van der Waals surface area contributed by atoms with E-state index in [1.807, 2.05) is 17.5 Å². The van der Waals surface area contributed by atoms with Crippen LogP contribution in [0.5, 0.6) is 0 Å². The summed E-state index contributed by atoms with van der Waals surface area (Å²) in [5.74, 6) is -0.436. The Kier molecular flexibility index (Phi) is 2.72. The molecule has 2 heterocycles. The number of hydrogen-bond acceptors (Lipinski definition) is 5. The van der Waals surface area contributed by atoms with Crippen LogP contribution in [0.4, 0.5) is 0 Å². The molecule has 0 aliphatic carbocycles. The molecule has 0 radical (unpaired) electrons. The number of carboxylic acid groups (broad SMARTS) is 1. The van der Waals surface area contributed by atoms with Crippen LogP contribution in [0.3, 0.4) is 0 Å². The van der Waals surface area contributed by atoms with Gasteiger partial charge in [0.1, 0.15) is 0 Å². The highest BCUT2D eigenvalue weighted by Crippen LogP contribution is 2.11. The van der Waals surface area contributed by atoms with Gasteiger partial charge in [0.2, 0.25) is 0 Å². The van der Waals surface area contributed by atoms with Gasteiger partial charge in [0.05, 0.1) is 0 Å². The molecule has 0 saturated carbocycles. The maximum atomic E-state index is 10.4. The maximum Gasteiger partial charge on any atom is 0.327 e. The van der Waals surface area contributed by atoms with Gasteiger partial charge in [-0.3, -0.25) is 4.79 Å². The molecule has 0 fully saturated rings. The van der Waals surface area contributed by atoms with Gasteiger partial charge in [0.15, 0.2) is 12.4 Å². The highest BCUT2D eigenvalue weighted by atomic mass is 32.1. The highest BCUT2D eigenvalue weighted by molar-refractivity contribution is 7.09. The van der Waals surface area contributed by atoms with Gasteiger partial charge >= 0.3 is 5.97 Å². The number of hydrogen-bond donors (Lipinski definition) is 1. The minimum atomic E-state index is -0.977. The van der Waals surface area contributed by atoms with Crippen molar-refractivity contribution in [1.29, 1.82) is 0 Å². The van der Waals surface area contributed by atoms with E-state index in [2.05, 4.69) is 15.4 Å². The molecule has 2 rings (SSSR count). The molecule has 7 heteroatoms. The summed E-state index contributed by atoms with van der Waals surface area (Å²) in [6.07, 6.45) is 0.595. The quantitative estimate of drug-likeness (QED) is 0.813. The van der Waals surface area contributed by atoms with Gasteiger partial charge in [-0.1, -0.05) is 6.07 Å². The molecule has 15 heavy (non-hydrogen) atoms. The summed E-state index contributed by atoms with van der Waals surface area (Å²) in [5.41, 5.74) is 0. The minimum Gasteiger partial charge on any atom is -0.480 e. The van der Waals surface area contributed by atoms with Gasteiger partial charge < -0.3 is 5.11 Å². The van der Waals surface area contributed by atoms with Crippen LogP contribution in [-0.4, -0.2) is 31.3 Å². The molecule has 0 spiro atoms. The van der Waals surface area contributed by atoms with E-state index in [4.69, 9.17) is 5.11 Å². The summed E-state index contributed by atoms with van der Waals surface area (Å²) < 4.78 is 0. The lowest BCUT2D eigenvalue weighted by atomic mass is 10.3. The Morgan fingerprint density at radius 2 is 2.47 bits per heavy atom. The van der Waals surface area contributed by atoms with Gasteiger partial charge in [-0.2, -0.15) is 4.80 Å². The average molecular weight is 224 g/mol. The van der Waals surface area contributed by atoms with Crippen LogP contribution in [0.25, 0.3) is 0 Å². The molecule has 0 amide bonds. The molecule has 1 N–H and O–H groups in total. The van der Waals surface area contributed by atoms with Crippen LogP contribution in [0.1, 0.15) is 10.7 Å². The van der Waals surface area contributed by atoms with E-state index in [1.165, 1.54) is 0 Å². The third-order valence-corrected chi connectivity index (χ3v) is 2.56. The zero-order valence-electron chi connectivity index (χ0n) is 7.70. The Labute approximate surface area is 89.2 Å². The number of nitrogens with zero attached hydrogens (tertiary/aromatic N) is 4. The van der Waals surface area contributed by atoms with Crippen LogP contribution in [-0.2, 0) is 17.8 Å². The summed E-state index contributed by atoms with van der Waals surface area (Å²) in [6, 6.07) is 3.92. The van der Waals surface area contributed by atoms with Crippen LogP contribution < -0.4 is 0 Å². The lowest BCUT2D eigenvalue weighted by Crippen LogP contribution is -2.11. The van der Waals surface area contributed by atoms with Crippen LogP contribution >= 0.6 is 11.3 Å². The second-order valence-corrected chi connectivity index (χ2v) is 3.92. The van der Waals surface area contributed by atoms with Crippen molar-refractivity contribution in [3.8, 4) is 0 Å². The molecule has 0 aromatic carbocycles. The number of aliphatic carboxylic acids is 1. The van der Waals surface area contributed by atoms with E-state index >= 15 is 0 Å². The lowest BCUT2D eigenvalue weighted by molar-refractivity contribution is -0.138. The Balaban J connectivity index is 2.04. The SMILES string of the molecule is O=C(O)Cn1nnc(Cc2cccs2)n1. The van der Waals surface area contributed by atoms with E-state index in [0.717, 1.165) is 9.67 Å². The fourth-order valence-electron chi connectivity index (χ4n) is 1.10. The fourth-order valence-corrected chi connectivity index (χ4v) is 1.81. The Bertz CT molecular complexity index is 451. The molecular formula is C8H8N4O2S. The van der Waals surface area contributed by atoms with Crippen molar-refractivity contribution in [3.63, 3.8) is 0 Å². The van der Waals surface area contributed by atoms with E-state index in [0.29, 0.717) is 12.2 Å². The molecule has 0 aliphatic rings. The smallest absolute Gasteiger partial charge is 0.327 e. The largest absolute Gasteiger partial charge is 0.480 e. The molecule has 2 aromatic rings. The molecule has 0 bridgehead atoms. The van der Waals surface area contributed by atoms with E-state index in [-0.39, 0.29) is 6.54 Å². The van der Waals surface area contributed by atoms with Gasteiger partial charge in [-0.05, 0) is 16.7 Å². The molecule has 0 saturated heterocycles. The predicted molar refractivity (Wildman–Crippen MR) is 52.6 cm³/mol. The Hall–Kier alpha value is -1.76. The number of thiophene rings is 1. The highest BCUT2D eigenvalue weighted by Gasteiger charge is 2.06. The second kappa shape index (κ2) is 4.18. The fraction of sp³-hybridized carbons (Fsp3) is 0.250. The van der Waals surface area contributed by atoms with Crippen molar-refractivity contribution in [1.82, 2.24) is 20.2 Å². The zero-order chi connectivity index (χ0) is 10.7. The summed E-state index contributed by atoms with van der Waals surface area (Å²) in [5, 5.41) is 21.8. The Morgan fingerprint density at radius 1 is 1.60 bits per heavy atom. The summed E-state index contributed by atoms with van der Waals surface area (Å²) in [7, 11) is 0. The third-order valence-electron chi connectivity index (χ3n) is 1.68. The van der Waals surface area contributed by atoms with Gasteiger partial charge in [0.25, 0.3) is 0 Å². The summed E-state index contributed by atoms with van der Waals surface area (Å²) >= 11 is 1.61. The molecule has 0 aliphatic heterocycles. The summed E-state index contributed by atoms with van der Waals surface area (Å²) in [6.45, 7) is -0.253. The van der Waals surface area contributed by atoms with E-state index in [9.17, 15) is 4.79 Å². The number of aromatic nitrogens is 4. The second-order valence-electron chi connectivity index (χ2n) is 2.89. The topological polar surface area (TPSA) is 80.9 Å². The van der Waals surface area contributed by atoms with Crippen molar-refractivity contribution in [3.05, 3.63) is 28.2 Å². The van der Waals surface area contributed by atoms with Crippen molar-refractivity contribution < 1.29 is 9.90 Å². The Morgan fingerprint density at radius 3 is 3.13 bits per heavy atom. The molecule has 6 nitrogen and oxygen atoms in total. The first-order valence-corrected chi connectivity index (χ1v) is 5.13. The van der Waals surface area contributed by atoms with E-state index in [1.54, 1.807) is 11.3 Å². The first-order valence-electron chi connectivity index (χ1n) is 4.25. The van der Waals surface area contributed by atoms with Crippen molar-refractivity contribution in [2.45, 2.75) is 13.0 Å². The average Bonchev–Trinajstić information content (AvgIpc) is 2.77. The third kappa shape index (κ3) is 2.59. The van der Waals surface area contributed by atoms with Crippen LogP contribution in [0.2, 0.25) is 0 Å². The molecule has 0 unspecified atom stereocenters. The van der Waals surface area contributed by atoms with Gasteiger partial charge in [0, 0.05) is 11.3 Å². The molecule has 0 atom stereocenters. The first kappa shape index (κ1) is 9.78. The van der Waals surface area contributed by atoms with Crippen LogP contribution in [0.15, 0.2) is 17.5 Å². The van der Waals surface area contributed by atoms with E-state index < -0.39 is 5.97 Å². The monoisotopic (exact) mass is 224 g/mol. The van der Waals surface area contributed by atoms with Gasteiger partial charge in [-0.15, -0.1) is 21.5 Å². The minimum absolute atomic E-state index is 0.253. The van der Waals surface area contributed by atoms with Crippen LogP contribution in [0, 0.1) is 0 Å². The molecular weight excluding hydrogens is 216 g/mol. The summed E-state index contributed by atoms with van der Waals surface area (Å²) in [4.78, 5) is 12.6. The number of carboxylic acids is 1. The van der Waals surface area contributed by atoms with Crippen molar-refractivity contribution >= 4 is 17.3 Å². The maximum absolute atomic E-state index is 10.4. The molecule has 2 aromatic heterocycles. The zero-order valence-corrected chi connectivity index (χ0v) is 8.52. The normalized spacial score (nSPS) is 10.4. The molecule has 78 valence electrons. The first-order chi connectivity index (χ1) is 7.24.